The quantitative estimate of drug-likeness (QED) is 0.781. The van der Waals surface area contributed by atoms with Gasteiger partial charge in [-0.05, 0) is 24.3 Å². The molecule has 0 aliphatic heterocycles. The second-order valence-electron chi connectivity index (χ2n) is 4.84. The molecule has 2 rings (SSSR count). The number of nitrogens with zero attached hydrogens (tertiary/aromatic N) is 1. The fourth-order valence-electron chi connectivity index (χ4n) is 2.05. The van der Waals surface area contributed by atoms with Crippen molar-refractivity contribution in [2.24, 2.45) is 0 Å². The van der Waals surface area contributed by atoms with Crippen molar-refractivity contribution in [3.8, 4) is 11.5 Å². The second kappa shape index (κ2) is 8.63. The van der Waals surface area contributed by atoms with Gasteiger partial charge in [0.15, 0.2) is 11.5 Å². The Bertz CT molecular complexity index is 632. The average Bonchev–Trinajstić information content (AvgIpc) is 2.60. The fourth-order valence-corrected chi connectivity index (χ4v) is 2.05. The zero-order chi connectivity index (χ0) is 16.5. The molecule has 1 amide bonds. The summed E-state index contributed by atoms with van der Waals surface area (Å²) < 4.78 is 10.4. The molecule has 0 bridgehead atoms. The largest absolute Gasteiger partial charge is 0.493 e. The van der Waals surface area contributed by atoms with Gasteiger partial charge in [0, 0.05) is 30.9 Å². The minimum absolute atomic E-state index is 0.0244. The number of ether oxygens (including phenoxy) is 2. The highest BCUT2D eigenvalue weighted by atomic mass is 16.5. The molecule has 0 fully saturated rings. The predicted octanol–water partition coefficient (Wildman–Crippen LogP) is 2.22. The van der Waals surface area contributed by atoms with E-state index < -0.39 is 0 Å². The molecule has 122 valence electrons. The zero-order valence-corrected chi connectivity index (χ0v) is 13.3. The van der Waals surface area contributed by atoms with Gasteiger partial charge in [0.2, 0.25) is 5.91 Å². The van der Waals surface area contributed by atoms with Gasteiger partial charge in [0.1, 0.15) is 0 Å². The van der Waals surface area contributed by atoms with Crippen LogP contribution in [-0.4, -0.2) is 31.7 Å². The summed E-state index contributed by atoms with van der Waals surface area (Å²) >= 11 is 0. The lowest BCUT2D eigenvalue weighted by molar-refractivity contribution is -0.121. The third kappa shape index (κ3) is 5.18. The van der Waals surface area contributed by atoms with Crippen molar-refractivity contribution in [1.29, 1.82) is 0 Å². The minimum Gasteiger partial charge on any atom is -0.493 e. The molecule has 0 unspecified atom stereocenters. The fraction of sp³-hybridized carbons (Fsp3) is 0.294. The van der Waals surface area contributed by atoms with Crippen LogP contribution < -0.4 is 20.1 Å². The van der Waals surface area contributed by atoms with Crippen LogP contribution >= 0.6 is 0 Å². The average molecular weight is 315 g/mol. The van der Waals surface area contributed by atoms with E-state index in [1.807, 2.05) is 36.4 Å². The lowest BCUT2D eigenvalue weighted by Gasteiger charge is -2.11. The number of carbonyl (C=O) groups excluding carboxylic acids is 1. The summed E-state index contributed by atoms with van der Waals surface area (Å²) in [5.74, 6) is 1.30. The first-order valence-corrected chi connectivity index (χ1v) is 7.35. The number of pyridine rings is 1. The summed E-state index contributed by atoms with van der Waals surface area (Å²) in [6.45, 7) is 0.972. The van der Waals surface area contributed by atoms with E-state index in [0.717, 1.165) is 11.4 Å². The first kappa shape index (κ1) is 16.6. The highest BCUT2D eigenvalue weighted by Crippen LogP contribution is 2.29. The lowest BCUT2D eigenvalue weighted by atomic mass is 10.2. The van der Waals surface area contributed by atoms with Crippen LogP contribution in [0.3, 0.4) is 0 Å². The third-order valence-electron chi connectivity index (χ3n) is 3.26. The zero-order valence-electron chi connectivity index (χ0n) is 13.3. The number of hydrogen-bond acceptors (Lipinski definition) is 5. The molecule has 0 saturated heterocycles. The van der Waals surface area contributed by atoms with Gasteiger partial charge < -0.3 is 20.1 Å². The van der Waals surface area contributed by atoms with Crippen LogP contribution in [0.5, 0.6) is 11.5 Å². The summed E-state index contributed by atoms with van der Waals surface area (Å²) in [4.78, 5) is 16.0. The van der Waals surface area contributed by atoms with E-state index >= 15 is 0 Å². The van der Waals surface area contributed by atoms with Gasteiger partial charge in [-0.25, -0.2) is 0 Å². The molecule has 6 heteroatoms. The molecule has 6 nitrogen and oxygen atoms in total. The van der Waals surface area contributed by atoms with Crippen LogP contribution in [-0.2, 0) is 11.3 Å². The SMILES string of the molecule is COc1ccc(NCCC(=O)NCc2ccccn2)cc1OC. The first-order valence-electron chi connectivity index (χ1n) is 7.35. The molecule has 1 heterocycles. The van der Waals surface area contributed by atoms with Crippen LogP contribution in [0.4, 0.5) is 5.69 Å². The number of methoxy groups -OCH3 is 2. The Kier molecular flexibility index (Phi) is 6.23. The van der Waals surface area contributed by atoms with Crippen LogP contribution in [0, 0.1) is 0 Å². The van der Waals surface area contributed by atoms with E-state index in [2.05, 4.69) is 15.6 Å². The van der Waals surface area contributed by atoms with E-state index in [1.54, 1.807) is 20.4 Å². The maximum absolute atomic E-state index is 11.8. The minimum atomic E-state index is -0.0244. The molecular formula is C17H21N3O3. The van der Waals surface area contributed by atoms with Gasteiger partial charge >= 0.3 is 0 Å². The summed E-state index contributed by atoms with van der Waals surface area (Å²) in [6.07, 6.45) is 2.08. The van der Waals surface area contributed by atoms with Gasteiger partial charge in [-0.2, -0.15) is 0 Å². The molecule has 2 aromatic rings. The van der Waals surface area contributed by atoms with Crippen LogP contribution in [0.1, 0.15) is 12.1 Å². The Morgan fingerprint density at radius 2 is 1.96 bits per heavy atom. The van der Waals surface area contributed by atoms with Crippen LogP contribution in [0.25, 0.3) is 0 Å². The molecule has 23 heavy (non-hydrogen) atoms. The van der Waals surface area contributed by atoms with Gasteiger partial charge in [0.25, 0.3) is 0 Å². The molecule has 2 N–H and O–H groups in total. The molecule has 0 atom stereocenters. The maximum atomic E-state index is 11.8. The van der Waals surface area contributed by atoms with Gasteiger partial charge in [-0.3, -0.25) is 9.78 Å². The van der Waals surface area contributed by atoms with Gasteiger partial charge in [-0.1, -0.05) is 6.07 Å². The molecule has 0 aliphatic carbocycles. The van der Waals surface area contributed by atoms with Crippen LogP contribution in [0.2, 0.25) is 0 Å². The van der Waals surface area contributed by atoms with Crippen molar-refractivity contribution in [3.05, 3.63) is 48.3 Å². The highest BCUT2D eigenvalue weighted by molar-refractivity contribution is 5.76. The molecule has 0 saturated carbocycles. The monoisotopic (exact) mass is 315 g/mol. The lowest BCUT2D eigenvalue weighted by Crippen LogP contribution is -2.25. The molecular weight excluding hydrogens is 294 g/mol. The van der Waals surface area contributed by atoms with E-state index in [-0.39, 0.29) is 5.91 Å². The molecule has 0 spiro atoms. The Hall–Kier alpha value is -2.76. The van der Waals surface area contributed by atoms with E-state index in [0.29, 0.717) is 31.0 Å². The summed E-state index contributed by atoms with van der Waals surface area (Å²) in [5, 5.41) is 6.03. The number of nitrogens with one attached hydrogen (secondary N) is 2. The number of anilines is 1. The van der Waals surface area contributed by atoms with Gasteiger partial charge in [-0.15, -0.1) is 0 Å². The van der Waals surface area contributed by atoms with Crippen molar-refractivity contribution in [3.63, 3.8) is 0 Å². The van der Waals surface area contributed by atoms with E-state index in [9.17, 15) is 4.79 Å². The highest BCUT2D eigenvalue weighted by Gasteiger charge is 2.05. The number of aromatic nitrogens is 1. The summed E-state index contributed by atoms with van der Waals surface area (Å²) in [5.41, 5.74) is 1.72. The number of carbonyl (C=O) groups is 1. The topological polar surface area (TPSA) is 72.5 Å². The van der Waals surface area contributed by atoms with Gasteiger partial charge in [0.05, 0.1) is 26.5 Å². The van der Waals surface area contributed by atoms with Crippen molar-refractivity contribution < 1.29 is 14.3 Å². The third-order valence-corrected chi connectivity index (χ3v) is 3.26. The Morgan fingerprint density at radius 3 is 2.65 bits per heavy atom. The Balaban J connectivity index is 1.75. The number of rotatable bonds is 8. The van der Waals surface area contributed by atoms with Crippen molar-refractivity contribution >= 4 is 11.6 Å². The van der Waals surface area contributed by atoms with Crippen molar-refractivity contribution in [2.75, 3.05) is 26.1 Å². The maximum Gasteiger partial charge on any atom is 0.222 e. The summed E-state index contributed by atoms with van der Waals surface area (Å²) in [7, 11) is 3.18. The van der Waals surface area contributed by atoms with Crippen molar-refractivity contribution in [1.82, 2.24) is 10.3 Å². The second-order valence-corrected chi connectivity index (χ2v) is 4.84. The van der Waals surface area contributed by atoms with E-state index in [1.165, 1.54) is 0 Å². The summed E-state index contributed by atoms with van der Waals surface area (Å²) in [6, 6.07) is 11.2. The number of hydrogen-bond donors (Lipinski definition) is 2. The first-order chi connectivity index (χ1) is 11.2. The molecule has 1 aromatic carbocycles. The van der Waals surface area contributed by atoms with E-state index in [4.69, 9.17) is 9.47 Å². The molecule has 0 radical (unpaired) electrons. The Morgan fingerprint density at radius 1 is 1.13 bits per heavy atom. The van der Waals surface area contributed by atoms with Crippen LogP contribution in [0.15, 0.2) is 42.6 Å². The van der Waals surface area contributed by atoms with Crippen molar-refractivity contribution in [2.45, 2.75) is 13.0 Å². The predicted molar refractivity (Wildman–Crippen MR) is 88.7 cm³/mol. The normalized spacial score (nSPS) is 10.0. The standard InChI is InChI=1S/C17H21N3O3/c1-22-15-7-6-13(11-16(15)23-2)19-10-8-17(21)20-12-14-5-3-4-9-18-14/h3-7,9,11,19H,8,10,12H2,1-2H3,(H,20,21). The molecule has 1 aromatic heterocycles. The smallest absolute Gasteiger partial charge is 0.222 e. The number of benzene rings is 1. The Labute approximate surface area is 135 Å². The molecule has 0 aliphatic rings. The number of amides is 1.